The molecule has 5 heteroatoms. The summed E-state index contributed by atoms with van der Waals surface area (Å²) in [6, 6.07) is 5.52. The lowest BCUT2D eigenvalue weighted by molar-refractivity contribution is -0.137. The summed E-state index contributed by atoms with van der Waals surface area (Å²) in [5.41, 5.74) is 0.457. The standard InChI is InChI=1S/C15H20F3NO/c1-19-11-14(6-8-20-9-7-14)10-12-2-4-13(5-3-12)15(16,17)18/h2-5,19H,6-11H2,1H3. The lowest BCUT2D eigenvalue weighted by atomic mass is 9.75. The molecule has 0 spiro atoms. The van der Waals surface area contributed by atoms with E-state index in [0.29, 0.717) is 0 Å². The quantitative estimate of drug-likeness (QED) is 0.917. The van der Waals surface area contributed by atoms with E-state index in [0.717, 1.165) is 44.6 Å². The molecule has 1 saturated heterocycles. The summed E-state index contributed by atoms with van der Waals surface area (Å²) in [5.74, 6) is 0. The Labute approximate surface area is 117 Å². The lowest BCUT2D eigenvalue weighted by Crippen LogP contribution is -2.39. The van der Waals surface area contributed by atoms with Gasteiger partial charge in [0.1, 0.15) is 0 Å². The predicted octanol–water partition coefficient (Wildman–Crippen LogP) is 3.26. The Bertz CT molecular complexity index is 416. The van der Waals surface area contributed by atoms with Gasteiger partial charge < -0.3 is 10.1 Å². The van der Waals surface area contributed by atoms with Gasteiger partial charge in [-0.25, -0.2) is 0 Å². The Kier molecular flexibility index (Phi) is 4.70. The number of hydrogen-bond donors (Lipinski definition) is 1. The van der Waals surface area contributed by atoms with Crippen LogP contribution >= 0.6 is 0 Å². The van der Waals surface area contributed by atoms with Gasteiger partial charge in [0, 0.05) is 19.8 Å². The molecule has 1 aliphatic rings. The molecule has 0 atom stereocenters. The molecule has 0 aliphatic carbocycles. The van der Waals surface area contributed by atoms with Crippen LogP contribution in [0.25, 0.3) is 0 Å². The van der Waals surface area contributed by atoms with E-state index in [1.54, 1.807) is 12.1 Å². The van der Waals surface area contributed by atoms with E-state index in [4.69, 9.17) is 4.74 Å². The summed E-state index contributed by atoms with van der Waals surface area (Å²) < 4.78 is 43.0. The van der Waals surface area contributed by atoms with Gasteiger partial charge in [-0.2, -0.15) is 13.2 Å². The maximum absolute atomic E-state index is 12.5. The van der Waals surface area contributed by atoms with Crippen LogP contribution < -0.4 is 5.32 Å². The second-order valence-electron chi connectivity index (χ2n) is 5.51. The highest BCUT2D eigenvalue weighted by Crippen LogP contribution is 2.35. The fraction of sp³-hybridized carbons (Fsp3) is 0.600. The summed E-state index contributed by atoms with van der Waals surface area (Å²) in [6.07, 6.45) is -1.60. The first-order valence-electron chi connectivity index (χ1n) is 6.84. The van der Waals surface area contributed by atoms with E-state index >= 15 is 0 Å². The van der Waals surface area contributed by atoms with Crippen molar-refractivity contribution in [1.82, 2.24) is 5.32 Å². The van der Waals surface area contributed by atoms with Crippen molar-refractivity contribution < 1.29 is 17.9 Å². The molecule has 0 radical (unpaired) electrons. The topological polar surface area (TPSA) is 21.3 Å². The molecule has 1 aromatic carbocycles. The summed E-state index contributed by atoms with van der Waals surface area (Å²) in [7, 11) is 1.91. The average molecular weight is 287 g/mol. The van der Waals surface area contributed by atoms with Gasteiger partial charge in [-0.3, -0.25) is 0 Å². The van der Waals surface area contributed by atoms with Crippen molar-refractivity contribution in [2.45, 2.75) is 25.4 Å². The third-order valence-corrected chi connectivity index (χ3v) is 3.97. The molecule has 1 aliphatic heterocycles. The van der Waals surface area contributed by atoms with Crippen LogP contribution in [0.15, 0.2) is 24.3 Å². The maximum atomic E-state index is 12.5. The summed E-state index contributed by atoms with van der Waals surface area (Å²) >= 11 is 0. The molecule has 1 heterocycles. The van der Waals surface area contributed by atoms with Crippen LogP contribution in [0.3, 0.4) is 0 Å². The number of halogens is 3. The van der Waals surface area contributed by atoms with Crippen LogP contribution in [0.4, 0.5) is 13.2 Å². The molecule has 112 valence electrons. The third kappa shape index (κ3) is 3.73. The second-order valence-corrected chi connectivity index (χ2v) is 5.51. The predicted molar refractivity (Wildman–Crippen MR) is 71.6 cm³/mol. The minimum Gasteiger partial charge on any atom is -0.381 e. The van der Waals surface area contributed by atoms with E-state index in [2.05, 4.69) is 5.32 Å². The van der Waals surface area contributed by atoms with Gasteiger partial charge in [0.2, 0.25) is 0 Å². The molecule has 0 amide bonds. The van der Waals surface area contributed by atoms with Crippen molar-refractivity contribution in [3.8, 4) is 0 Å². The van der Waals surface area contributed by atoms with Crippen molar-refractivity contribution in [3.63, 3.8) is 0 Å². The molecular formula is C15H20F3NO. The molecule has 0 saturated carbocycles. The number of nitrogens with one attached hydrogen (secondary N) is 1. The van der Waals surface area contributed by atoms with Crippen molar-refractivity contribution in [2.24, 2.45) is 5.41 Å². The summed E-state index contributed by atoms with van der Waals surface area (Å²) in [5, 5.41) is 3.20. The number of alkyl halides is 3. The zero-order valence-electron chi connectivity index (χ0n) is 11.6. The van der Waals surface area contributed by atoms with Gasteiger partial charge in [0.25, 0.3) is 0 Å². The molecule has 20 heavy (non-hydrogen) atoms. The van der Waals surface area contributed by atoms with E-state index < -0.39 is 11.7 Å². The van der Waals surface area contributed by atoms with E-state index in [9.17, 15) is 13.2 Å². The van der Waals surface area contributed by atoms with Gasteiger partial charge in [0.15, 0.2) is 0 Å². The first kappa shape index (κ1) is 15.3. The van der Waals surface area contributed by atoms with E-state index in [1.165, 1.54) is 12.1 Å². The molecule has 0 bridgehead atoms. The molecule has 1 fully saturated rings. The van der Waals surface area contributed by atoms with Crippen molar-refractivity contribution in [2.75, 3.05) is 26.8 Å². The molecule has 1 aromatic rings. The highest BCUT2D eigenvalue weighted by molar-refractivity contribution is 5.25. The molecule has 1 N–H and O–H groups in total. The average Bonchev–Trinajstić information content (AvgIpc) is 2.39. The monoisotopic (exact) mass is 287 g/mol. The van der Waals surface area contributed by atoms with Gasteiger partial charge in [0.05, 0.1) is 5.56 Å². The van der Waals surface area contributed by atoms with Gasteiger partial charge in [-0.1, -0.05) is 12.1 Å². The maximum Gasteiger partial charge on any atom is 0.416 e. The second kappa shape index (κ2) is 6.14. The Morgan fingerprint density at radius 3 is 2.25 bits per heavy atom. The smallest absolute Gasteiger partial charge is 0.381 e. The van der Waals surface area contributed by atoms with Crippen LogP contribution in [0.5, 0.6) is 0 Å². The van der Waals surface area contributed by atoms with Crippen LogP contribution in [-0.2, 0) is 17.3 Å². The highest BCUT2D eigenvalue weighted by Gasteiger charge is 2.33. The Hall–Kier alpha value is -1.07. The zero-order valence-corrected chi connectivity index (χ0v) is 11.6. The number of ether oxygens (including phenoxy) is 1. The van der Waals surface area contributed by atoms with E-state index in [1.807, 2.05) is 7.05 Å². The summed E-state index contributed by atoms with van der Waals surface area (Å²) in [4.78, 5) is 0. The molecule has 2 nitrogen and oxygen atoms in total. The van der Waals surface area contributed by atoms with Crippen molar-refractivity contribution in [1.29, 1.82) is 0 Å². The van der Waals surface area contributed by atoms with Crippen molar-refractivity contribution >= 4 is 0 Å². The Morgan fingerprint density at radius 2 is 1.75 bits per heavy atom. The molecule has 0 unspecified atom stereocenters. The first-order chi connectivity index (χ1) is 9.45. The number of rotatable bonds is 4. The minimum absolute atomic E-state index is 0.0900. The van der Waals surface area contributed by atoms with Gasteiger partial charge in [-0.15, -0.1) is 0 Å². The SMILES string of the molecule is CNCC1(Cc2ccc(C(F)(F)F)cc2)CCOCC1. The fourth-order valence-electron chi connectivity index (χ4n) is 2.84. The normalized spacial score (nSPS) is 19.0. The number of hydrogen-bond acceptors (Lipinski definition) is 2. The Balaban J connectivity index is 2.10. The Morgan fingerprint density at radius 1 is 1.15 bits per heavy atom. The highest BCUT2D eigenvalue weighted by atomic mass is 19.4. The van der Waals surface area contributed by atoms with Crippen LogP contribution in [-0.4, -0.2) is 26.8 Å². The van der Waals surface area contributed by atoms with Gasteiger partial charge >= 0.3 is 6.18 Å². The lowest BCUT2D eigenvalue weighted by Gasteiger charge is -2.37. The van der Waals surface area contributed by atoms with Crippen LogP contribution in [0.2, 0.25) is 0 Å². The minimum atomic E-state index is -4.26. The van der Waals surface area contributed by atoms with Crippen molar-refractivity contribution in [3.05, 3.63) is 35.4 Å². The first-order valence-corrected chi connectivity index (χ1v) is 6.84. The third-order valence-electron chi connectivity index (χ3n) is 3.97. The zero-order chi connectivity index (χ0) is 14.6. The largest absolute Gasteiger partial charge is 0.416 e. The molecule has 2 rings (SSSR count). The number of benzene rings is 1. The van der Waals surface area contributed by atoms with Crippen LogP contribution in [0.1, 0.15) is 24.0 Å². The van der Waals surface area contributed by atoms with Gasteiger partial charge in [-0.05, 0) is 49.4 Å². The molecular weight excluding hydrogens is 267 g/mol. The fourth-order valence-corrected chi connectivity index (χ4v) is 2.84. The van der Waals surface area contributed by atoms with Crippen LogP contribution in [0, 0.1) is 5.41 Å². The summed E-state index contributed by atoms with van der Waals surface area (Å²) in [6.45, 7) is 2.31. The van der Waals surface area contributed by atoms with E-state index in [-0.39, 0.29) is 5.41 Å². The molecule has 0 aromatic heterocycles.